The molecule has 0 bridgehead atoms. The Kier molecular flexibility index (Phi) is 66.6. The van der Waals surface area contributed by atoms with E-state index in [-0.39, 0.29) is 13.0 Å². The van der Waals surface area contributed by atoms with Gasteiger partial charge in [0.25, 0.3) is 0 Å². The molecule has 1 aliphatic rings. The first-order chi connectivity index (χ1) is 45.2. The Bertz CT molecular complexity index is 1550. The average Bonchev–Trinajstić information content (AvgIpc) is 0.834. The minimum atomic E-state index is -1.61. The Morgan fingerprint density at radius 1 is 0.413 bits per heavy atom. The molecule has 1 heterocycles. The van der Waals surface area contributed by atoms with Crippen LogP contribution in [0.4, 0.5) is 0 Å². The molecular formula is C81H157NO10. The topological polar surface area (TPSA) is 175 Å². The highest BCUT2D eigenvalue weighted by atomic mass is 16.7. The van der Waals surface area contributed by atoms with Gasteiger partial charge in [0.05, 0.1) is 25.4 Å². The van der Waals surface area contributed by atoms with Gasteiger partial charge in [-0.05, 0) is 25.7 Å². The monoisotopic (exact) mass is 1300 g/mol. The molecule has 0 saturated carbocycles. The third kappa shape index (κ3) is 55.4. The van der Waals surface area contributed by atoms with E-state index >= 15 is 0 Å². The molecule has 0 radical (unpaired) electrons. The van der Waals surface area contributed by atoms with Crippen molar-refractivity contribution in [3.05, 3.63) is 12.2 Å². The highest BCUT2D eigenvalue weighted by Crippen LogP contribution is 2.27. The molecule has 92 heavy (non-hydrogen) atoms. The molecule has 546 valence electrons. The third-order valence-corrected chi connectivity index (χ3v) is 19.9. The molecule has 1 rings (SSSR count). The lowest BCUT2D eigenvalue weighted by atomic mass is 9.99. The zero-order valence-corrected chi connectivity index (χ0v) is 61.2. The maximum atomic E-state index is 13.5. The SMILES string of the molecule is CCCCCCCCCCCC/C=C/C(O)C(COC1OC(CO)C(O)C(O)C1OC(=O)CCCCCCCCCCCCCCCCCCCCCCCCCCC)NC(=O)C(O)CCCCCCCCCCCCCCCCCCCCCCCCCCCC. The molecule has 1 amide bonds. The number of aliphatic hydroxyl groups is 5. The summed E-state index contributed by atoms with van der Waals surface area (Å²) in [7, 11) is 0. The Morgan fingerprint density at radius 3 is 1.02 bits per heavy atom. The van der Waals surface area contributed by atoms with E-state index in [0.29, 0.717) is 19.3 Å². The fourth-order valence-electron chi connectivity index (χ4n) is 13.5. The van der Waals surface area contributed by atoms with Gasteiger partial charge in [0.15, 0.2) is 12.4 Å². The molecule has 0 spiro atoms. The molecule has 1 saturated heterocycles. The van der Waals surface area contributed by atoms with E-state index in [1.165, 1.54) is 327 Å². The summed E-state index contributed by atoms with van der Waals surface area (Å²) < 4.78 is 17.8. The van der Waals surface area contributed by atoms with Crippen LogP contribution in [0.2, 0.25) is 0 Å². The largest absolute Gasteiger partial charge is 0.454 e. The van der Waals surface area contributed by atoms with Crippen molar-refractivity contribution in [2.75, 3.05) is 13.2 Å². The van der Waals surface area contributed by atoms with Crippen LogP contribution in [-0.2, 0) is 23.8 Å². The number of amides is 1. The van der Waals surface area contributed by atoms with Crippen molar-refractivity contribution >= 4 is 11.9 Å². The van der Waals surface area contributed by atoms with Crippen molar-refractivity contribution < 1.29 is 49.3 Å². The summed E-state index contributed by atoms with van der Waals surface area (Å²) in [4.78, 5) is 26.8. The van der Waals surface area contributed by atoms with Gasteiger partial charge in [-0.2, -0.15) is 0 Å². The standard InChI is InChI=1S/C81H157NO10/c1-4-7-10-13-16-19-22-25-27-29-31-33-35-37-39-40-42-44-46-48-50-53-56-59-62-65-68-74(85)80(89)82-72(73(84)67-64-61-58-55-52-24-21-18-15-12-9-6-3)71-90-81-79(78(88)77(87)75(70-83)91-81)92-76(86)69-66-63-60-57-54-51-49-47-45-43-41-38-36-34-32-30-28-26-23-20-17-14-11-8-5-2/h64,67,72-75,77-79,81,83-85,87-88H,4-63,65-66,68-71H2,1-3H3,(H,82,89)/b67-64+. The van der Waals surface area contributed by atoms with Gasteiger partial charge < -0.3 is 45.1 Å². The summed E-state index contributed by atoms with van der Waals surface area (Å²) in [5, 5.41) is 57.5. The normalized spacial score (nSPS) is 17.8. The van der Waals surface area contributed by atoms with Crippen LogP contribution in [0.1, 0.15) is 432 Å². The quantitative estimate of drug-likeness (QED) is 0.0195. The van der Waals surface area contributed by atoms with Gasteiger partial charge in [0.2, 0.25) is 5.91 Å². The Labute approximate surface area is 569 Å². The first-order valence-corrected chi connectivity index (χ1v) is 41.0. The molecule has 1 aliphatic heterocycles. The van der Waals surface area contributed by atoms with E-state index in [2.05, 4.69) is 26.1 Å². The summed E-state index contributed by atoms with van der Waals surface area (Å²) >= 11 is 0. The summed E-state index contributed by atoms with van der Waals surface area (Å²) in [6.07, 6.45) is 74.3. The van der Waals surface area contributed by atoms with Crippen LogP contribution in [0.5, 0.6) is 0 Å². The fraction of sp³-hybridized carbons (Fsp3) is 0.951. The second-order valence-corrected chi connectivity index (χ2v) is 28.9. The lowest BCUT2D eigenvalue weighted by molar-refractivity contribution is -0.305. The highest BCUT2D eigenvalue weighted by molar-refractivity contribution is 5.80. The molecule has 1 fully saturated rings. The van der Waals surface area contributed by atoms with Crippen molar-refractivity contribution in [3.8, 4) is 0 Å². The number of unbranched alkanes of at least 4 members (excludes halogenated alkanes) is 59. The van der Waals surface area contributed by atoms with Crippen LogP contribution in [0, 0.1) is 0 Å². The molecule has 0 aromatic rings. The van der Waals surface area contributed by atoms with Gasteiger partial charge in [-0.1, -0.05) is 412 Å². The number of rotatable bonds is 73. The van der Waals surface area contributed by atoms with E-state index in [4.69, 9.17) is 14.2 Å². The fourth-order valence-corrected chi connectivity index (χ4v) is 13.5. The first kappa shape index (κ1) is 88.4. The van der Waals surface area contributed by atoms with Crippen molar-refractivity contribution in [2.45, 2.75) is 481 Å². The zero-order chi connectivity index (χ0) is 66.7. The number of aliphatic hydroxyl groups excluding tert-OH is 5. The van der Waals surface area contributed by atoms with Gasteiger partial charge in [-0.15, -0.1) is 0 Å². The third-order valence-electron chi connectivity index (χ3n) is 19.9. The van der Waals surface area contributed by atoms with Gasteiger partial charge in [-0.3, -0.25) is 9.59 Å². The molecule has 8 atom stereocenters. The maximum absolute atomic E-state index is 13.5. The van der Waals surface area contributed by atoms with Gasteiger partial charge in [-0.25, -0.2) is 0 Å². The maximum Gasteiger partial charge on any atom is 0.306 e. The van der Waals surface area contributed by atoms with Crippen LogP contribution in [0.25, 0.3) is 0 Å². The predicted octanol–water partition coefficient (Wildman–Crippen LogP) is 22.1. The molecule has 11 nitrogen and oxygen atoms in total. The van der Waals surface area contributed by atoms with Crippen molar-refractivity contribution in [2.24, 2.45) is 0 Å². The summed E-state index contributed by atoms with van der Waals surface area (Å²) in [5.41, 5.74) is 0. The minimum Gasteiger partial charge on any atom is -0.454 e. The lowest BCUT2D eigenvalue weighted by Gasteiger charge is -2.41. The number of ether oxygens (including phenoxy) is 3. The number of nitrogens with one attached hydrogen (secondary N) is 1. The second-order valence-electron chi connectivity index (χ2n) is 28.9. The van der Waals surface area contributed by atoms with Gasteiger partial charge in [0, 0.05) is 6.42 Å². The second kappa shape index (κ2) is 69.3. The minimum absolute atomic E-state index is 0.133. The number of carbonyl (C=O) groups excluding carboxylic acids is 2. The Balaban J connectivity index is 2.46. The predicted molar refractivity (Wildman–Crippen MR) is 389 cm³/mol. The summed E-state index contributed by atoms with van der Waals surface area (Å²) in [5.74, 6) is -1.17. The number of esters is 1. The Morgan fingerprint density at radius 2 is 0.707 bits per heavy atom. The van der Waals surface area contributed by atoms with Crippen LogP contribution < -0.4 is 5.32 Å². The average molecular weight is 1310 g/mol. The van der Waals surface area contributed by atoms with Crippen molar-refractivity contribution in [1.82, 2.24) is 5.32 Å². The van der Waals surface area contributed by atoms with Crippen LogP contribution in [0.3, 0.4) is 0 Å². The highest BCUT2D eigenvalue weighted by Gasteiger charge is 2.47. The van der Waals surface area contributed by atoms with Crippen LogP contribution >= 0.6 is 0 Å². The Hall–Kier alpha value is -1.60. The lowest BCUT2D eigenvalue weighted by Crippen LogP contribution is -2.61. The smallest absolute Gasteiger partial charge is 0.306 e. The molecule has 0 aromatic carbocycles. The molecule has 11 heteroatoms. The number of allylic oxidation sites excluding steroid dienone is 1. The van der Waals surface area contributed by atoms with E-state index < -0.39 is 67.4 Å². The zero-order valence-electron chi connectivity index (χ0n) is 61.2. The van der Waals surface area contributed by atoms with E-state index in [1.54, 1.807) is 6.08 Å². The van der Waals surface area contributed by atoms with E-state index in [0.717, 1.165) is 57.8 Å². The first-order valence-electron chi connectivity index (χ1n) is 41.0. The number of hydrogen-bond acceptors (Lipinski definition) is 10. The van der Waals surface area contributed by atoms with E-state index in [9.17, 15) is 35.1 Å². The number of hydrogen-bond donors (Lipinski definition) is 6. The molecule has 6 N–H and O–H groups in total. The molecule has 8 unspecified atom stereocenters. The van der Waals surface area contributed by atoms with Crippen molar-refractivity contribution in [3.63, 3.8) is 0 Å². The van der Waals surface area contributed by atoms with Gasteiger partial charge >= 0.3 is 5.97 Å². The molecular weight excluding hydrogens is 1150 g/mol. The molecule has 0 aromatic heterocycles. The van der Waals surface area contributed by atoms with E-state index in [1.807, 2.05) is 6.08 Å². The molecule has 0 aliphatic carbocycles. The number of carbonyl (C=O) groups is 2. The summed E-state index contributed by atoms with van der Waals surface area (Å²) in [6.45, 7) is 5.89. The van der Waals surface area contributed by atoms with Crippen LogP contribution in [-0.4, -0.2) is 99.6 Å². The van der Waals surface area contributed by atoms with Crippen LogP contribution in [0.15, 0.2) is 12.2 Å². The van der Waals surface area contributed by atoms with Gasteiger partial charge in [0.1, 0.15) is 24.4 Å². The summed E-state index contributed by atoms with van der Waals surface area (Å²) in [6, 6.07) is -1.02. The van der Waals surface area contributed by atoms with Crippen molar-refractivity contribution in [1.29, 1.82) is 0 Å².